The van der Waals surface area contributed by atoms with Crippen LogP contribution in [0.4, 0.5) is 5.00 Å². The van der Waals surface area contributed by atoms with E-state index in [2.05, 4.69) is 11.4 Å². The van der Waals surface area contributed by atoms with Crippen LogP contribution in [0.3, 0.4) is 0 Å². The number of amides is 1. The van der Waals surface area contributed by atoms with Crippen LogP contribution >= 0.6 is 11.3 Å². The maximum Gasteiger partial charge on any atom is 0.232 e. The molecule has 22 heavy (non-hydrogen) atoms. The van der Waals surface area contributed by atoms with Gasteiger partial charge in [-0.2, -0.15) is 5.26 Å². The third-order valence-electron chi connectivity index (χ3n) is 3.84. The van der Waals surface area contributed by atoms with Gasteiger partial charge in [-0.1, -0.05) is 44.2 Å². The van der Waals surface area contributed by atoms with Crippen LogP contribution in [0.5, 0.6) is 0 Å². The van der Waals surface area contributed by atoms with Crippen molar-refractivity contribution >= 4 is 22.2 Å². The molecular formula is C18H20N2OS. The molecule has 0 spiro atoms. The van der Waals surface area contributed by atoms with Crippen molar-refractivity contribution < 1.29 is 4.79 Å². The lowest BCUT2D eigenvalue weighted by Crippen LogP contribution is -2.20. The summed E-state index contributed by atoms with van der Waals surface area (Å²) >= 11 is 1.49. The van der Waals surface area contributed by atoms with Crippen LogP contribution in [-0.4, -0.2) is 5.91 Å². The average Bonchev–Trinajstić information content (AvgIpc) is 2.83. The van der Waals surface area contributed by atoms with Gasteiger partial charge in [0, 0.05) is 4.88 Å². The Kier molecular flexibility index (Phi) is 5.35. The van der Waals surface area contributed by atoms with E-state index in [-0.39, 0.29) is 11.8 Å². The Labute approximate surface area is 135 Å². The number of anilines is 1. The first kappa shape index (κ1) is 16.3. The summed E-state index contributed by atoms with van der Waals surface area (Å²) in [6, 6.07) is 12.0. The molecule has 0 aliphatic rings. The van der Waals surface area contributed by atoms with Crippen LogP contribution in [0.25, 0.3) is 0 Å². The maximum absolute atomic E-state index is 12.6. The molecule has 1 aromatic carbocycles. The van der Waals surface area contributed by atoms with Crippen LogP contribution in [0, 0.1) is 18.3 Å². The summed E-state index contributed by atoms with van der Waals surface area (Å²) < 4.78 is 0. The molecule has 0 unspecified atom stereocenters. The number of carbonyl (C=O) groups is 1. The fourth-order valence-corrected chi connectivity index (χ4v) is 3.77. The van der Waals surface area contributed by atoms with Gasteiger partial charge in [-0.15, -0.1) is 11.3 Å². The van der Waals surface area contributed by atoms with Gasteiger partial charge >= 0.3 is 0 Å². The second-order valence-corrected chi connectivity index (χ2v) is 6.39. The van der Waals surface area contributed by atoms with Gasteiger partial charge in [-0.05, 0) is 30.9 Å². The lowest BCUT2D eigenvalue weighted by Gasteiger charge is -2.14. The Morgan fingerprint density at radius 3 is 2.55 bits per heavy atom. The van der Waals surface area contributed by atoms with Crippen LogP contribution < -0.4 is 5.32 Å². The number of hydrogen-bond acceptors (Lipinski definition) is 3. The third-order valence-corrected chi connectivity index (χ3v) is 4.90. The number of hydrogen-bond donors (Lipinski definition) is 1. The van der Waals surface area contributed by atoms with E-state index in [0.29, 0.717) is 10.6 Å². The molecule has 0 fully saturated rings. The first-order valence-corrected chi connectivity index (χ1v) is 8.32. The first-order chi connectivity index (χ1) is 10.6. The summed E-state index contributed by atoms with van der Waals surface area (Å²) in [6.45, 7) is 6.02. The summed E-state index contributed by atoms with van der Waals surface area (Å²) in [4.78, 5) is 13.7. The number of nitriles is 1. The van der Waals surface area contributed by atoms with Gasteiger partial charge in [0.15, 0.2) is 0 Å². The first-order valence-electron chi connectivity index (χ1n) is 7.50. The lowest BCUT2D eigenvalue weighted by molar-refractivity contribution is -0.117. The molecule has 0 saturated heterocycles. The molecule has 3 nitrogen and oxygen atoms in total. The molecule has 1 amide bonds. The van der Waals surface area contributed by atoms with Crippen LogP contribution in [0.1, 0.15) is 47.8 Å². The van der Waals surface area contributed by atoms with Gasteiger partial charge in [0.05, 0.1) is 11.5 Å². The van der Waals surface area contributed by atoms with E-state index in [1.807, 2.05) is 51.1 Å². The summed E-state index contributed by atoms with van der Waals surface area (Å²) in [5, 5.41) is 13.0. The number of benzene rings is 1. The monoisotopic (exact) mass is 312 g/mol. The van der Waals surface area contributed by atoms with E-state index < -0.39 is 0 Å². The van der Waals surface area contributed by atoms with Gasteiger partial charge in [-0.25, -0.2) is 0 Å². The standard InChI is InChI=1S/C18H20N2OS/c1-4-14-12(3)22-18(16(14)11-19)20-17(21)15(5-2)13-9-7-6-8-10-13/h6-10,15H,4-5H2,1-3H3,(H,20,21)/t15-/m0/s1. The molecule has 1 aromatic heterocycles. The molecule has 0 bridgehead atoms. The van der Waals surface area contributed by atoms with Crippen LogP contribution in [0.2, 0.25) is 0 Å². The van der Waals surface area contributed by atoms with E-state index in [9.17, 15) is 10.1 Å². The molecular weight excluding hydrogens is 292 g/mol. The molecule has 0 radical (unpaired) electrons. The minimum Gasteiger partial charge on any atom is -0.316 e. The molecule has 0 saturated carbocycles. The van der Waals surface area contributed by atoms with Crippen molar-refractivity contribution in [2.75, 3.05) is 5.32 Å². The van der Waals surface area contributed by atoms with Crippen molar-refractivity contribution in [2.24, 2.45) is 0 Å². The highest BCUT2D eigenvalue weighted by molar-refractivity contribution is 7.16. The Morgan fingerprint density at radius 2 is 2.00 bits per heavy atom. The maximum atomic E-state index is 12.6. The molecule has 0 aliphatic carbocycles. The summed E-state index contributed by atoms with van der Waals surface area (Å²) in [6.07, 6.45) is 1.53. The smallest absolute Gasteiger partial charge is 0.232 e. The molecule has 1 N–H and O–H groups in total. The Bertz CT molecular complexity index is 698. The van der Waals surface area contributed by atoms with E-state index >= 15 is 0 Å². The van der Waals surface area contributed by atoms with Crippen LogP contribution in [0.15, 0.2) is 30.3 Å². The van der Waals surface area contributed by atoms with E-state index in [1.165, 1.54) is 11.3 Å². The van der Waals surface area contributed by atoms with Crippen molar-refractivity contribution in [3.8, 4) is 6.07 Å². The molecule has 0 aliphatic heterocycles. The van der Waals surface area contributed by atoms with Crippen molar-refractivity contribution in [3.63, 3.8) is 0 Å². The predicted molar refractivity (Wildman–Crippen MR) is 91.3 cm³/mol. The van der Waals surface area contributed by atoms with Crippen molar-refractivity contribution in [3.05, 3.63) is 51.9 Å². The predicted octanol–water partition coefficient (Wildman–Crippen LogP) is 4.62. The Balaban J connectivity index is 2.27. The lowest BCUT2D eigenvalue weighted by atomic mass is 9.95. The molecule has 1 heterocycles. The van der Waals surface area contributed by atoms with Gasteiger partial charge in [0.25, 0.3) is 0 Å². The summed E-state index contributed by atoms with van der Waals surface area (Å²) in [7, 11) is 0. The topological polar surface area (TPSA) is 52.9 Å². The second kappa shape index (κ2) is 7.24. The van der Waals surface area contributed by atoms with Gasteiger partial charge in [0.1, 0.15) is 11.1 Å². The van der Waals surface area contributed by atoms with E-state index in [1.54, 1.807) is 0 Å². The fourth-order valence-electron chi connectivity index (χ4n) is 2.67. The Morgan fingerprint density at radius 1 is 1.32 bits per heavy atom. The highest BCUT2D eigenvalue weighted by atomic mass is 32.1. The van der Waals surface area contributed by atoms with Crippen LogP contribution in [-0.2, 0) is 11.2 Å². The van der Waals surface area contributed by atoms with Crippen molar-refractivity contribution in [1.82, 2.24) is 0 Å². The van der Waals surface area contributed by atoms with Gasteiger partial charge in [-0.3, -0.25) is 4.79 Å². The van der Waals surface area contributed by atoms with Gasteiger partial charge in [0.2, 0.25) is 5.91 Å². The Hall–Kier alpha value is -2.12. The zero-order chi connectivity index (χ0) is 16.1. The number of carbonyl (C=O) groups excluding carboxylic acids is 1. The fraction of sp³-hybridized carbons (Fsp3) is 0.333. The summed E-state index contributed by atoms with van der Waals surface area (Å²) in [5.41, 5.74) is 2.65. The minimum absolute atomic E-state index is 0.0471. The molecule has 1 atom stereocenters. The minimum atomic E-state index is -0.194. The number of thiophene rings is 1. The zero-order valence-electron chi connectivity index (χ0n) is 13.1. The summed E-state index contributed by atoms with van der Waals surface area (Å²) in [5.74, 6) is -0.241. The highest BCUT2D eigenvalue weighted by Gasteiger charge is 2.22. The quantitative estimate of drug-likeness (QED) is 0.875. The van der Waals surface area contributed by atoms with Crippen molar-refractivity contribution in [2.45, 2.75) is 39.5 Å². The third kappa shape index (κ3) is 3.20. The molecule has 4 heteroatoms. The number of aryl methyl sites for hydroxylation is 1. The van der Waals surface area contributed by atoms with E-state index in [4.69, 9.17) is 0 Å². The number of nitrogens with one attached hydrogen (secondary N) is 1. The van der Waals surface area contributed by atoms with Gasteiger partial charge < -0.3 is 5.32 Å². The number of rotatable bonds is 5. The highest BCUT2D eigenvalue weighted by Crippen LogP contribution is 2.34. The average molecular weight is 312 g/mol. The zero-order valence-corrected chi connectivity index (χ0v) is 14.0. The van der Waals surface area contributed by atoms with Crippen molar-refractivity contribution in [1.29, 1.82) is 5.26 Å². The SMILES string of the molecule is CCc1c(C)sc(NC(=O)[C@@H](CC)c2ccccc2)c1C#N. The molecule has 2 aromatic rings. The second-order valence-electron chi connectivity index (χ2n) is 5.17. The largest absolute Gasteiger partial charge is 0.316 e. The molecule has 114 valence electrons. The normalized spacial score (nSPS) is 11.7. The van der Waals surface area contributed by atoms with E-state index in [0.717, 1.165) is 28.8 Å². The molecule has 2 rings (SSSR count). The number of nitrogens with zero attached hydrogens (tertiary/aromatic N) is 1.